The molecular formula is C8H18O4Si. The molecule has 0 aliphatic heterocycles. The van der Waals surface area contributed by atoms with Crippen LogP contribution in [-0.4, -0.2) is 35.9 Å². The highest BCUT2D eigenvalue weighted by atomic mass is 28.4. The molecule has 0 saturated heterocycles. The predicted octanol–water partition coefficient (Wildman–Crippen LogP) is 1.30. The van der Waals surface area contributed by atoms with E-state index >= 15 is 0 Å². The van der Waals surface area contributed by atoms with Crippen LogP contribution in [0.5, 0.6) is 0 Å². The van der Waals surface area contributed by atoms with Crippen LogP contribution in [0.25, 0.3) is 0 Å². The smallest absolute Gasteiger partial charge is 0.337 e. The molecule has 0 atom stereocenters. The van der Waals surface area contributed by atoms with Gasteiger partial charge in [0.25, 0.3) is 0 Å². The molecule has 0 N–H and O–H groups in total. The lowest BCUT2D eigenvalue weighted by Crippen LogP contribution is -2.39. The molecule has 0 radical (unpaired) electrons. The molecule has 0 saturated carbocycles. The van der Waals surface area contributed by atoms with E-state index in [1.165, 1.54) is 7.11 Å². The zero-order valence-corrected chi connectivity index (χ0v) is 9.75. The highest BCUT2D eigenvalue weighted by Gasteiger charge is 2.33. The number of rotatable bonds is 6. The van der Waals surface area contributed by atoms with E-state index in [1.807, 2.05) is 6.92 Å². The highest BCUT2D eigenvalue weighted by Crippen LogP contribution is 2.18. The van der Waals surface area contributed by atoms with E-state index in [4.69, 9.17) is 8.85 Å². The van der Waals surface area contributed by atoms with Crippen LogP contribution in [0.15, 0.2) is 0 Å². The first-order valence-electron chi connectivity index (χ1n) is 4.31. The Bertz CT molecular complexity index is 148. The molecule has 0 rings (SSSR count). The van der Waals surface area contributed by atoms with Gasteiger partial charge in [0.1, 0.15) is 0 Å². The van der Waals surface area contributed by atoms with Crippen molar-refractivity contribution in [3.05, 3.63) is 0 Å². The van der Waals surface area contributed by atoms with Gasteiger partial charge in [0.2, 0.25) is 0 Å². The van der Waals surface area contributed by atoms with Crippen molar-refractivity contribution < 1.29 is 18.4 Å². The number of hydrogen-bond donors (Lipinski definition) is 0. The standard InChI is InChI=1S/C8H18O4Si/c1-5-13(11-3,12-4)7-6-8(9)10-2/h5-7H2,1-4H3. The molecule has 0 aromatic heterocycles. The topological polar surface area (TPSA) is 44.8 Å². The number of ether oxygens (including phenoxy) is 1. The first-order chi connectivity index (χ1) is 6.14. The number of hydrogen-bond acceptors (Lipinski definition) is 4. The quantitative estimate of drug-likeness (QED) is 0.485. The van der Waals surface area contributed by atoms with Gasteiger partial charge in [-0.25, -0.2) is 0 Å². The molecule has 4 nitrogen and oxygen atoms in total. The summed E-state index contributed by atoms with van der Waals surface area (Å²) >= 11 is 0. The summed E-state index contributed by atoms with van der Waals surface area (Å²) in [6.07, 6.45) is 0.373. The molecule has 78 valence electrons. The Morgan fingerprint density at radius 2 is 1.77 bits per heavy atom. The number of methoxy groups -OCH3 is 1. The third kappa shape index (κ3) is 3.88. The number of carbonyl (C=O) groups excluding carboxylic acids is 1. The van der Waals surface area contributed by atoms with Crippen molar-refractivity contribution in [2.24, 2.45) is 0 Å². The average molecular weight is 206 g/mol. The van der Waals surface area contributed by atoms with E-state index in [9.17, 15) is 4.79 Å². The highest BCUT2D eigenvalue weighted by molar-refractivity contribution is 6.67. The Kier molecular flexibility index (Phi) is 5.94. The van der Waals surface area contributed by atoms with E-state index in [1.54, 1.807) is 14.2 Å². The minimum Gasteiger partial charge on any atom is -0.469 e. The Hall–Kier alpha value is -0.393. The van der Waals surface area contributed by atoms with Gasteiger partial charge in [-0.2, -0.15) is 0 Å². The lowest BCUT2D eigenvalue weighted by atomic mass is 10.5. The second-order valence-electron chi connectivity index (χ2n) is 2.75. The summed E-state index contributed by atoms with van der Waals surface area (Å²) in [6.45, 7) is 2.01. The SMILES string of the molecule is CC[Si](CCC(=O)OC)(OC)OC. The van der Waals surface area contributed by atoms with E-state index in [0.717, 1.165) is 6.04 Å². The van der Waals surface area contributed by atoms with Crippen LogP contribution in [0.2, 0.25) is 12.1 Å². The van der Waals surface area contributed by atoms with Crippen molar-refractivity contribution in [1.29, 1.82) is 0 Å². The molecule has 0 fully saturated rings. The fraction of sp³-hybridized carbons (Fsp3) is 0.875. The first kappa shape index (κ1) is 12.6. The normalized spacial score (nSPS) is 11.4. The Balaban J connectivity index is 4.02. The maximum Gasteiger partial charge on any atom is 0.337 e. The van der Waals surface area contributed by atoms with Crippen molar-refractivity contribution in [2.75, 3.05) is 21.3 Å². The number of esters is 1. The van der Waals surface area contributed by atoms with Crippen molar-refractivity contribution in [3.63, 3.8) is 0 Å². The van der Waals surface area contributed by atoms with Crippen LogP contribution in [0, 0.1) is 0 Å². The summed E-state index contributed by atoms with van der Waals surface area (Å²) in [5, 5.41) is 0. The fourth-order valence-electron chi connectivity index (χ4n) is 1.15. The van der Waals surface area contributed by atoms with Crippen molar-refractivity contribution >= 4 is 14.5 Å². The van der Waals surface area contributed by atoms with Crippen LogP contribution >= 0.6 is 0 Å². The minimum absolute atomic E-state index is 0.209. The van der Waals surface area contributed by atoms with E-state index in [2.05, 4.69) is 4.74 Å². The zero-order chi connectivity index (χ0) is 10.3. The van der Waals surface area contributed by atoms with Crippen LogP contribution in [0.1, 0.15) is 13.3 Å². The lowest BCUT2D eigenvalue weighted by Gasteiger charge is -2.25. The van der Waals surface area contributed by atoms with E-state index in [-0.39, 0.29) is 5.97 Å². The van der Waals surface area contributed by atoms with Crippen LogP contribution in [0.4, 0.5) is 0 Å². The minimum atomic E-state index is -2.10. The molecule has 0 unspecified atom stereocenters. The lowest BCUT2D eigenvalue weighted by molar-refractivity contribution is -0.140. The maximum atomic E-state index is 10.9. The first-order valence-corrected chi connectivity index (χ1v) is 6.54. The third-order valence-corrected chi connectivity index (χ3v) is 5.80. The van der Waals surface area contributed by atoms with Gasteiger partial charge in [0, 0.05) is 26.7 Å². The molecular weight excluding hydrogens is 188 g/mol. The molecule has 0 bridgehead atoms. The summed E-state index contributed by atoms with van der Waals surface area (Å²) in [4.78, 5) is 10.9. The molecule has 5 heteroatoms. The Morgan fingerprint density at radius 3 is 2.08 bits per heavy atom. The van der Waals surface area contributed by atoms with Gasteiger partial charge in [-0.3, -0.25) is 4.79 Å². The van der Waals surface area contributed by atoms with Gasteiger partial charge in [-0.15, -0.1) is 0 Å². The third-order valence-electron chi connectivity index (χ3n) is 2.22. The van der Waals surface area contributed by atoms with Gasteiger partial charge in [0.15, 0.2) is 0 Å². The molecule has 0 aromatic carbocycles. The summed E-state index contributed by atoms with van der Waals surface area (Å²) in [5.41, 5.74) is 0. The molecule has 0 spiro atoms. The molecule has 13 heavy (non-hydrogen) atoms. The largest absolute Gasteiger partial charge is 0.469 e. The Morgan fingerprint density at radius 1 is 1.23 bits per heavy atom. The maximum absolute atomic E-state index is 10.9. The molecule has 0 aromatic rings. The summed E-state index contributed by atoms with van der Waals surface area (Å²) in [5.74, 6) is -0.209. The average Bonchev–Trinajstić information content (AvgIpc) is 2.20. The second-order valence-corrected chi connectivity index (χ2v) is 6.59. The van der Waals surface area contributed by atoms with Gasteiger partial charge < -0.3 is 13.6 Å². The van der Waals surface area contributed by atoms with Crippen molar-refractivity contribution in [1.82, 2.24) is 0 Å². The molecule has 0 heterocycles. The second kappa shape index (κ2) is 6.12. The monoisotopic (exact) mass is 206 g/mol. The van der Waals surface area contributed by atoms with Crippen LogP contribution < -0.4 is 0 Å². The number of carbonyl (C=O) groups is 1. The van der Waals surface area contributed by atoms with Gasteiger partial charge >= 0.3 is 14.5 Å². The van der Waals surface area contributed by atoms with E-state index in [0.29, 0.717) is 12.5 Å². The molecule has 0 aliphatic carbocycles. The Labute approximate surface area is 80.4 Å². The van der Waals surface area contributed by atoms with E-state index < -0.39 is 8.56 Å². The van der Waals surface area contributed by atoms with Gasteiger partial charge in [-0.05, 0) is 6.04 Å². The van der Waals surface area contributed by atoms with Crippen LogP contribution in [-0.2, 0) is 18.4 Å². The van der Waals surface area contributed by atoms with Crippen molar-refractivity contribution in [3.8, 4) is 0 Å². The molecule has 0 amide bonds. The molecule has 0 aliphatic rings. The van der Waals surface area contributed by atoms with Crippen LogP contribution in [0.3, 0.4) is 0 Å². The fourth-order valence-corrected chi connectivity index (χ4v) is 3.24. The van der Waals surface area contributed by atoms with Gasteiger partial charge in [0.05, 0.1) is 7.11 Å². The summed E-state index contributed by atoms with van der Waals surface area (Å²) < 4.78 is 15.2. The van der Waals surface area contributed by atoms with Crippen molar-refractivity contribution in [2.45, 2.75) is 25.4 Å². The summed E-state index contributed by atoms with van der Waals surface area (Å²) in [6, 6.07) is 1.50. The van der Waals surface area contributed by atoms with Gasteiger partial charge in [-0.1, -0.05) is 6.92 Å². The predicted molar refractivity (Wildman–Crippen MR) is 51.7 cm³/mol. The summed E-state index contributed by atoms with van der Waals surface area (Å²) in [7, 11) is 2.56. The zero-order valence-electron chi connectivity index (χ0n) is 8.75.